The Morgan fingerprint density at radius 3 is 2.70 bits per heavy atom. The zero-order valence-corrected chi connectivity index (χ0v) is 13.6. The molecular formula is C19H21NO3. The van der Waals surface area contributed by atoms with Gasteiger partial charge in [-0.25, -0.2) is 4.79 Å². The van der Waals surface area contributed by atoms with E-state index in [2.05, 4.69) is 0 Å². The smallest absolute Gasteiger partial charge is 0.339 e. The molecule has 0 fully saturated rings. The molecule has 1 aliphatic rings. The SMILES string of the molecule is CCOC(=O)c1cc(Cc2ccc(C)cc2)c(=O)n2c1CCC2. The Bertz CT molecular complexity index is 787. The Balaban J connectivity index is 2.03. The van der Waals surface area contributed by atoms with Crippen LogP contribution in [0.15, 0.2) is 35.1 Å². The van der Waals surface area contributed by atoms with Crippen LogP contribution in [-0.2, 0) is 24.1 Å². The number of fused-ring (bicyclic) bond motifs is 1. The molecule has 0 aliphatic carbocycles. The van der Waals surface area contributed by atoms with Crippen molar-refractivity contribution in [2.75, 3.05) is 6.61 Å². The Morgan fingerprint density at radius 2 is 2.00 bits per heavy atom. The Kier molecular flexibility index (Phi) is 4.33. The molecule has 1 aromatic heterocycles. The summed E-state index contributed by atoms with van der Waals surface area (Å²) in [7, 11) is 0. The summed E-state index contributed by atoms with van der Waals surface area (Å²) < 4.78 is 6.91. The van der Waals surface area contributed by atoms with E-state index in [1.165, 1.54) is 5.56 Å². The first-order valence-corrected chi connectivity index (χ1v) is 8.08. The first-order chi connectivity index (χ1) is 11.1. The molecule has 0 saturated carbocycles. The van der Waals surface area contributed by atoms with Gasteiger partial charge in [0.25, 0.3) is 5.56 Å². The van der Waals surface area contributed by atoms with Gasteiger partial charge in [0, 0.05) is 24.2 Å². The summed E-state index contributed by atoms with van der Waals surface area (Å²) in [4.78, 5) is 24.9. The predicted octanol–water partition coefficient (Wildman–Crippen LogP) is 2.87. The van der Waals surface area contributed by atoms with Crippen molar-refractivity contribution in [3.63, 3.8) is 0 Å². The lowest BCUT2D eigenvalue weighted by Crippen LogP contribution is -2.26. The van der Waals surface area contributed by atoms with Gasteiger partial charge < -0.3 is 9.30 Å². The third-order valence-corrected chi connectivity index (χ3v) is 4.28. The topological polar surface area (TPSA) is 48.3 Å². The quantitative estimate of drug-likeness (QED) is 0.816. The number of nitrogens with zero attached hydrogens (tertiary/aromatic N) is 1. The van der Waals surface area contributed by atoms with Crippen LogP contribution >= 0.6 is 0 Å². The molecule has 0 amide bonds. The second kappa shape index (κ2) is 6.41. The summed E-state index contributed by atoms with van der Waals surface area (Å²) in [5.41, 5.74) is 4.30. The molecule has 0 N–H and O–H groups in total. The van der Waals surface area contributed by atoms with E-state index in [1.807, 2.05) is 31.2 Å². The summed E-state index contributed by atoms with van der Waals surface area (Å²) in [5, 5.41) is 0. The third-order valence-electron chi connectivity index (χ3n) is 4.28. The lowest BCUT2D eigenvalue weighted by molar-refractivity contribution is 0.0524. The maximum absolute atomic E-state index is 12.7. The molecule has 2 aromatic rings. The summed E-state index contributed by atoms with van der Waals surface area (Å²) in [6.07, 6.45) is 2.19. The van der Waals surface area contributed by atoms with E-state index in [1.54, 1.807) is 17.6 Å². The summed E-state index contributed by atoms with van der Waals surface area (Å²) in [5.74, 6) is -0.330. The molecule has 1 aliphatic heterocycles. The molecule has 0 unspecified atom stereocenters. The lowest BCUT2D eigenvalue weighted by atomic mass is 10.0. The Labute approximate surface area is 135 Å². The maximum atomic E-state index is 12.7. The zero-order valence-electron chi connectivity index (χ0n) is 13.6. The number of carbonyl (C=O) groups excluding carboxylic acids is 1. The number of aryl methyl sites for hydroxylation is 1. The molecule has 0 spiro atoms. The fraction of sp³-hybridized carbons (Fsp3) is 0.368. The summed E-state index contributed by atoms with van der Waals surface area (Å²) in [6, 6.07) is 9.85. The molecular weight excluding hydrogens is 290 g/mol. The molecule has 4 heteroatoms. The second-order valence-corrected chi connectivity index (χ2v) is 5.97. The van der Waals surface area contributed by atoms with Crippen LogP contribution in [0.3, 0.4) is 0 Å². The van der Waals surface area contributed by atoms with Gasteiger partial charge in [0.1, 0.15) is 0 Å². The van der Waals surface area contributed by atoms with E-state index >= 15 is 0 Å². The van der Waals surface area contributed by atoms with Crippen LogP contribution in [0.4, 0.5) is 0 Å². The molecule has 2 heterocycles. The number of ether oxygens (including phenoxy) is 1. The molecule has 23 heavy (non-hydrogen) atoms. The van der Waals surface area contributed by atoms with Crippen LogP contribution < -0.4 is 5.56 Å². The molecule has 0 bridgehead atoms. The zero-order chi connectivity index (χ0) is 16.4. The number of carbonyl (C=O) groups is 1. The van der Waals surface area contributed by atoms with Crippen molar-refractivity contribution < 1.29 is 9.53 Å². The van der Waals surface area contributed by atoms with Crippen molar-refractivity contribution in [3.8, 4) is 0 Å². The molecule has 4 nitrogen and oxygen atoms in total. The third kappa shape index (κ3) is 3.07. The van der Waals surface area contributed by atoms with E-state index in [9.17, 15) is 9.59 Å². The minimum atomic E-state index is -0.330. The van der Waals surface area contributed by atoms with Crippen molar-refractivity contribution >= 4 is 5.97 Å². The van der Waals surface area contributed by atoms with Gasteiger partial charge in [-0.2, -0.15) is 0 Å². The lowest BCUT2D eigenvalue weighted by Gasteiger charge is -2.12. The minimum Gasteiger partial charge on any atom is -0.462 e. The predicted molar refractivity (Wildman–Crippen MR) is 89.0 cm³/mol. The number of pyridine rings is 1. The molecule has 0 saturated heterocycles. The van der Waals surface area contributed by atoms with Gasteiger partial charge in [-0.05, 0) is 38.3 Å². The van der Waals surface area contributed by atoms with Crippen molar-refractivity contribution in [2.24, 2.45) is 0 Å². The highest BCUT2D eigenvalue weighted by molar-refractivity contribution is 5.91. The summed E-state index contributed by atoms with van der Waals surface area (Å²) in [6.45, 7) is 4.85. The van der Waals surface area contributed by atoms with Crippen LogP contribution in [0.5, 0.6) is 0 Å². The Morgan fingerprint density at radius 1 is 1.26 bits per heavy atom. The minimum absolute atomic E-state index is 0.0196. The van der Waals surface area contributed by atoms with Gasteiger partial charge in [-0.1, -0.05) is 29.8 Å². The van der Waals surface area contributed by atoms with Gasteiger partial charge in [0.05, 0.1) is 12.2 Å². The highest BCUT2D eigenvalue weighted by Crippen LogP contribution is 2.20. The van der Waals surface area contributed by atoms with Crippen molar-refractivity contribution in [1.82, 2.24) is 4.57 Å². The molecule has 0 atom stereocenters. The van der Waals surface area contributed by atoms with Gasteiger partial charge in [0.15, 0.2) is 0 Å². The van der Waals surface area contributed by atoms with E-state index in [4.69, 9.17) is 4.74 Å². The normalized spacial score (nSPS) is 13.0. The molecule has 3 rings (SSSR count). The maximum Gasteiger partial charge on any atom is 0.339 e. The van der Waals surface area contributed by atoms with E-state index in [0.717, 1.165) is 24.1 Å². The highest BCUT2D eigenvalue weighted by Gasteiger charge is 2.23. The van der Waals surface area contributed by atoms with Gasteiger partial charge in [0.2, 0.25) is 0 Å². The fourth-order valence-corrected chi connectivity index (χ4v) is 3.11. The van der Waals surface area contributed by atoms with Gasteiger partial charge in [-0.3, -0.25) is 4.79 Å². The average Bonchev–Trinajstić information content (AvgIpc) is 3.02. The van der Waals surface area contributed by atoms with Crippen LogP contribution in [-0.4, -0.2) is 17.1 Å². The van der Waals surface area contributed by atoms with Crippen molar-refractivity contribution in [3.05, 3.63) is 68.6 Å². The van der Waals surface area contributed by atoms with Crippen molar-refractivity contribution in [2.45, 2.75) is 39.7 Å². The summed E-state index contributed by atoms with van der Waals surface area (Å²) >= 11 is 0. The first-order valence-electron chi connectivity index (χ1n) is 8.08. The fourth-order valence-electron chi connectivity index (χ4n) is 3.11. The van der Waals surface area contributed by atoms with E-state index in [0.29, 0.717) is 30.7 Å². The van der Waals surface area contributed by atoms with Crippen molar-refractivity contribution in [1.29, 1.82) is 0 Å². The second-order valence-electron chi connectivity index (χ2n) is 5.97. The van der Waals surface area contributed by atoms with Crippen LogP contribution in [0.1, 0.15) is 46.1 Å². The number of aromatic nitrogens is 1. The van der Waals surface area contributed by atoms with Crippen LogP contribution in [0, 0.1) is 6.92 Å². The van der Waals surface area contributed by atoms with Gasteiger partial charge in [-0.15, -0.1) is 0 Å². The average molecular weight is 311 g/mol. The largest absolute Gasteiger partial charge is 0.462 e. The number of hydrogen-bond acceptors (Lipinski definition) is 3. The molecule has 0 radical (unpaired) electrons. The number of hydrogen-bond donors (Lipinski definition) is 0. The highest BCUT2D eigenvalue weighted by atomic mass is 16.5. The molecule has 120 valence electrons. The first kappa shape index (κ1) is 15.5. The van der Waals surface area contributed by atoms with E-state index in [-0.39, 0.29) is 11.5 Å². The standard InChI is InChI=1S/C19H21NO3/c1-3-23-19(22)16-12-15(11-14-8-6-13(2)7-9-14)18(21)20-10-4-5-17(16)20/h6-9,12H,3-5,10-11H2,1-2H3. The van der Waals surface area contributed by atoms with E-state index < -0.39 is 0 Å². The Hall–Kier alpha value is -2.36. The number of benzene rings is 1. The number of esters is 1. The number of rotatable bonds is 4. The molecule has 1 aromatic carbocycles. The van der Waals surface area contributed by atoms with Crippen LogP contribution in [0.2, 0.25) is 0 Å². The monoisotopic (exact) mass is 311 g/mol. The van der Waals surface area contributed by atoms with Crippen LogP contribution in [0.25, 0.3) is 0 Å². The van der Waals surface area contributed by atoms with Gasteiger partial charge >= 0.3 is 5.97 Å².